The highest BCUT2D eigenvalue weighted by Crippen LogP contribution is 2.17. The fourth-order valence-electron chi connectivity index (χ4n) is 2.71. The van der Waals surface area contributed by atoms with Gasteiger partial charge in [-0.15, -0.1) is 0 Å². The molecule has 3 N–H and O–H groups in total. The highest BCUT2D eigenvalue weighted by Gasteiger charge is 2.15. The van der Waals surface area contributed by atoms with Crippen LogP contribution in [0.15, 0.2) is 77.7 Å². The first kappa shape index (κ1) is 22.8. The van der Waals surface area contributed by atoms with Crippen molar-refractivity contribution in [2.45, 2.75) is 18.7 Å². The molecule has 0 radical (unpaired) electrons. The van der Waals surface area contributed by atoms with Crippen LogP contribution in [-0.2, 0) is 14.8 Å². The Bertz CT molecular complexity index is 1210. The van der Waals surface area contributed by atoms with Crippen LogP contribution < -0.4 is 20.3 Å². The van der Waals surface area contributed by atoms with Gasteiger partial charge in [0.15, 0.2) is 6.61 Å². The Morgan fingerprint density at radius 1 is 0.844 bits per heavy atom. The third kappa shape index (κ3) is 6.32. The van der Waals surface area contributed by atoms with Crippen molar-refractivity contribution in [2.75, 3.05) is 11.3 Å². The first-order valence-electron chi connectivity index (χ1n) is 9.71. The van der Waals surface area contributed by atoms with Crippen molar-refractivity contribution < 1.29 is 22.7 Å². The van der Waals surface area contributed by atoms with E-state index in [-0.39, 0.29) is 17.1 Å². The number of ether oxygens (including phenoxy) is 1. The summed E-state index contributed by atoms with van der Waals surface area (Å²) in [5.41, 5.74) is 7.14. The molecule has 0 aromatic heterocycles. The number of carbonyl (C=O) groups is 2. The first-order valence-corrected chi connectivity index (χ1v) is 11.2. The van der Waals surface area contributed by atoms with Gasteiger partial charge in [-0.1, -0.05) is 29.8 Å². The highest BCUT2D eigenvalue weighted by molar-refractivity contribution is 7.92. The molecule has 3 aromatic carbocycles. The summed E-state index contributed by atoms with van der Waals surface area (Å²) < 4.78 is 32.9. The van der Waals surface area contributed by atoms with Crippen molar-refractivity contribution in [3.8, 4) is 5.75 Å². The van der Waals surface area contributed by atoms with Crippen LogP contribution in [0.4, 0.5) is 5.69 Å². The molecule has 9 heteroatoms. The SMILES string of the molecule is Cc1ccc(NS(=O)(=O)c2ccc(C(=O)NNC(=O)COc3cccc(C)c3)cc2)cc1. The Morgan fingerprint density at radius 3 is 2.19 bits per heavy atom. The van der Waals surface area contributed by atoms with E-state index in [0.29, 0.717) is 11.4 Å². The lowest BCUT2D eigenvalue weighted by Crippen LogP contribution is -2.43. The molecule has 8 nitrogen and oxygen atoms in total. The number of aryl methyl sites for hydroxylation is 2. The standard InChI is InChI=1S/C23H23N3O5S/c1-16-6-10-19(11-7-16)26-32(29,30)21-12-8-18(9-13-21)23(28)25-24-22(27)15-31-20-5-3-4-17(2)14-20/h3-14,26H,15H2,1-2H3,(H,24,27)(H,25,28). The van der Waals surface area contributed by atoms with Crippen LogP contribution in [0, 0.1) is 13.8 Å². The molecule has 0 unspecified atom stereocenters. The van der Waals surface area contributed by atoms with Gasteiger partial charge in [0.2, 0.25) is 0 Å². The van der Waals surface area contributed by atoms with E-state index >= 15 is 0 Å². The van der Waals surface area contributed by atoms with Gasteiger partial charge in [-0.3, -0.25) is 25.2 Å². The number of hydrogen-bond acceptors (Lipinski definition) is 5. The normalized spacial score (nSPS) is 10.8. The van der Waals surface area contributed by atoms with Crippen molar-refractivity contribution in [3.63, 3.8) is 0 Å². The van der Waals surface area contributed by atoms with Crippen molar-refractivity contribution in [1.29, 1.82) is 0 Å². The van der Waals surface area contributed by atoms with E-state index in [1.165, 1.54) is 24.3 Å². The summed E-state index contributed by atoms with van der Waals surface area (Å²) in [5, 5.41) is 0. The molecule has 0 heterocycles. The van der Waals surface area contributed by atoms with Gasteiger partial charge in [-0.05, 0) is 67.9 Å². The minimum atomic E-state index is -3.80. The maximum atomic E-state index is 12.5. The van der Waals surface area contributed by atoms with Gasteiger partial charge in [0.25, 0.3) is 21.8 Å². The molecule has 166 valence electrons. The Morgan fingerprint density at radius 2 is 1.53 bits per heavy atom. The van der Waals surface area contributed by atoms with E-state index in [9.17, 15) is 18.0 Å². The lowest BCUT2D eigenvalue weighted by atomic mass is 10.2. The van der Waals surface area contributed by atoms with Gasteiger partial charge < -0.3 is 4.74 Å². The van der Waals surface area contributed by atoms with E-state index in [4.69, 9.17) is 4.74 Å². The lowest BCUT2D eigenvalue weighted by molar-refractivity contribution is -0.123. The van der Waals surface area contributed by atoms with Gasteiger partial charge in [-0.25, -0.2) is 8.42 Å². The lowest BCUT2D eigenvalue weighted by Gasteiger charge is -2.10. The fraction of sp³-hybridized carbons (Fsp3) is 0.130. The number of sulfonamides is 1. The summed E-state index contributed by atoms with van der Waals surface area (Å²) in [4.78, 5) is 24.1. The number of hydrogen-bond donors (Lipinski definition) is 3. The van der Waals surface area contributed by atoms with Crippen LogP contribution in [0.3, 0.4) is 0 Å². The van der Waals surface area contributed by atoms with Gasteiger partial charge in [0, 0.05) is 11.3 Å². The van der Waals surface area contributed by atoms with Crippen LogP contribution in [0.2, 0.25) is 0 Å². The van der Waals surface area contributed by atoms with Crippen LogP contribution >= 0.6 is 0 Å². The Labute approximate surface area is 186 Å². The van der Waals surface area contributed by atoms with E-state index in [0.717, 1.165) is 11.1 Å². The van der Waals surface area contributed by atoms with Crippen LogP contribution in [0.25, 0.3) is 0 Å². The predicted octanol–water partition coefficient (Wildman–Crippen LogP) is 2.94. The predicted molar refractivity (Wildman–Crippen MR) is 121 cm³/mol. The average molecular weight is 454 g/mol. The Kier molecular flexibility index (Phi) is 7.11. The van der Waals surface area contributed by atoms with Crippen LogP contribution in [0.1, 0.15) is 21.5 Å². The third-order valence-corrected chi connectivity index (χ3v) is 5.80. The topological polar surface area (TPSA) is 114 Å². The number of hydrazine groups is 1. The summed E-state index contributed by atoms with van der Waals surface area (Å²) in [5.74, 6) is -0.590. The molecule has 0 bridgehead atoms. The molecule has 2 amide bonds. The number of nitrogens with one attached hydrogen (secondary N) is 3. The fourth-order valence-corrected chi connectivity index (χ4v) is 3.77. The van der Waals surface area contributed by atoms with Crippen molar-refractivity contribution >= 4 is 27.5 Å². The maximum absolute atomic E-state index is 12.5. The van der Waals surface area contributed by atoms with Crippen molar-refractivity contribution in [2.24, 2.45) is 0 Å². The number of benzene rings is 3. The minimum Gasteiger partial charge on any atom is -0.484 e. The molecule has 0 aliphatic rings. The largest absolute Gasteiger partial charge is 0.484 e. The molecule has 0 aliphatic heterocycles. The first-order chi connectivity index (χ1) is 15.2. The second-order valence-corrected chi connectivity index (χ2v) is 8.79. The summed E-state index contributed by atoms with van der Waals surface area (Å²) in [6, 6.07) is 19.5. The summed E-state index contributed by atoms with van der Waals surface area (Å²) in [6.45, 7) is 3.54. The molecule has 0 atom stereocenters. The number of anilines is 1. The molecule has 0 spiro atoms. The van der Waals surface area contributed by atoms with Gasteiger partial charge in [0.1, 0.15) is 5.75 Å². The Hall–Kier alpha value is -3.85. The van der Waals surface area contributed by atoms with Crippen molar-refractivity contribution in [1.82, 2.24) is 10.9 Å². The van der Waals surface area contributed by atoms with E-state index in [2.05, 4.69) is 15.6 Å². The summed E-state index contributed by atoms with van der Waals surface area (Å²) in [6.07, 6.45) is 0. The number of rotatable bonds is 7. The molecule has 0 fully saturated rings. The van der Waals surface area contributed by atoms with E-state index in [1.54, 1.807) is 36.4 Å². The average Bonchev–Trinajstić information content (AvgIpc) is 2.77. The zero-order chi connectivity index (χ0) is 23.1. The maximum Gasteiger partial charge on any atom is 0.276 e. The highest BCUT2D eigenvalue weighted by atomic mass is 32.2. The van der Waals surface area contributed by atoms with Crippen molar-refractivity contribution in [3.05, 3.63) is 89.5 Å². The molecule has 0 saturated carbocycles. The smallest absolute Gasteiger partial charge is 0.276 e. The minimum absolute atomic E-state index is 0.00483. The molecular formula is C23H23N3O5S. The van der Waals surface area contributed by atoms with E-state index < -0.39 is 21.8 Å². The zero-order valence-corrected chi connectivity index (χ0v) is 18.4. The number of carbonyl (C=O) groups excluding carboxylic acids is 2. The second kappa shape index (κ2) is 9.97. The molecule has 32 heavy (non-hydrogen) atoms. The van der Waals surface area contributed by atoms with Crippen LogP contribution in [-0.4, -0.2) is 26.8 Å². The van der Waals surface area contributed by atoms with Gasteiger partial charge >= 0.3 is 0 Å². The van der Waals surface area contributed by atoms with E-state index in [1.807, 2.05) is 26.0 Å². The Balaban J connectivity index is 1.52. The van der Waals surface area contributed by atoms with Gasteiger partial charge in [0.05, 0.1) is 4.90 Å². The molecule has 3 rings (SSSR count). The molecule has 0 aliphatic carbocycles. The van der Waals surface area contributed by atoms with Gasteiger partial charge in [-0.2, -0.15) is 0 Å². The second-order valence-electron chi connectivity index (χ2n) is 7.10. The monoisotopic (exact) mass is 453 g/mol. The molecule has 0 saturated heterocycles. The molecular weight excluding hydrogens is 430 g/mol. The van der Waals surface area contributed by atoms with Crippen LogP contribution in [0.5, 0.6) is 5.75 Å². The summed E-state index contributed by atoms with van der Waals surface area (Å²) >= 11 is 0. The number of amides is 2. The zero-order valence-electron chi connectivity index (χ0n) is 17.6. The molecule has 3 aromatic rings. The quantitative estimate of drug-likeness (QED) is 0.476. The summed E-state index contributed by atoms with van der Waals surface area (Å²) in [7, 11) is -3.80. The third-order valence-electron chi connectivity index (χ3n) is 4.41.